The number of ether oxygens (including phenoxy) is 4. The van der Waals surface area contributed by atoms with Crippen molar-refractivity contribution in [2.75, 3.05) is 39.6 Å². The van der Waals surface area contributed by atoms with Gasteiger partial charge in [0, 0.05) is 25.7 Å². The van der Waals surface area contributed by atoms with Crippen LogP contribution in [0.15, 0.2) is 0 Å². The van der Waals surface area contributed by atoms with E-state index in [9.17, 15) is 43.2 Å². The Labute approximate surface area is 581 Å². The predicted octanol–water partition coefficient (Wildman–Crippen LogP) is 22.3. The fourth-order valence-electron chi connectivity index (χ4n) is 11.7. The van der Waals surface area contributed by atoms with Crippen molar-refractivity contribution in [1.29, 1.82) is 0 Å². The summed E-state index contributed by atoms with van der Waals surface area (Å²) in [6.45, 7) is 9.53. The molecule has 0 fully saturated rings. The van der Waals surface area contributed by atoms with Crippen LogP contribution in [0, 0.1) is 11.8 Å². The van der Waals surface area contributed by atoms with Crippen LogP contribution in [0.25, 0.3) is 0 Å². The van der Waals surface area contributed by atoms with E-state index in [2.05, 4.69) is 41.5 Å². The lowest BCUT2D eigenvalue weighted by atomic mass is 10.0. The molecule has 0 saturated heterocycles. The van der Waals surface area contributed by atoms with Crippen LogP contribution in [0.4, 0.5) is 0 Å². The van der Waals surface area contributed by atoms with Gasteiger partial charge in [-0.3, -0.25) is 37.3 Å². The molecule has 0 rings (SSSR count). The molecule has 0 aliphatic heterocycles. The number of esters is 4. The molecule has 0 aromatic carbocycles. The van der Waals surface area contributed by atoms with Crippen LogP contribution in [0.3, 0.4) is 0 Å². The van der Waals surface area contributed by atoms with E-state index in [0.29, 0.717) is 25.7 Å². The summed E-state index contributed by atoms with van der Waals surface area (Å²) in [7, 11) is -9.90. The first-order chi connectivity index (χ1) is 45.9. The Balaban J connectivity index is 5.13. The Morgan fingerprint density at radius 3 is 0.716 bits per heavy atom. The largest absolute Gasteiger partial charge is 0.472 e. The third-order valence-corrected chi connectivity index (χ3v) is 19.6. The number of hydrogen-bond acceptors (Lipinski definition) is 15. The van der Waals surface area contributed by atoms with Crippen molar-refractivity contribution in [3.8, 4) is 0 Å². The van der Waals surface area contributed by atoms with Crippen molar-refractivity contribution < 1.29 is 80.2 Å². The molecule has 17 nitrogen and oxygen atoms in total. The van der Waals surface area contributed by atoms with Crippen LogP contribution < -0.4 is 0 Å². The molecule has 0 aliphatic rings. The van der Waals surface area contributed by atoms with Crippen LogP contribution in [0.1, 0.15) is 395 Å². The molecule has 0 aromatic rings. The molecule has 2 unspecified atom stereocenters. The SMILES string of the molecule is CCCCCCCCCCCCCCCCCCC(=O)OC[C@H](COP(=O)(O)OC[C@@H](O)COP(=O)(O)OC[C@@H](COC(=O)CCCCCCC)OC(=O)CCCCCCCCCCCCC(C)C)OC(=O)CCCCCCCCCCCCCCCCCCCCC(C)C. The summed E-state index contributed by atoms with van der Waals surface area (Å²) in [5, 5.41) is 10.6. The molecule has 0 saturated carbocycles. The maximum absolute atomic E-state index is 13.1. The van der Waals surface area contributed by atoms with Gasteiger partial charge >= 0.3 is 39.5 Å². The molecule has 0 aliphatic carbocycles. The highest BCUT2D eigenvalue weighted by Gasteiger charge is 2.30. The maximum atomic E-state index is 13.1. The summed E-state index contributed by atoms with van der Waals surface area (Å²) in [6.07, 6.45) is 56.0. The maximum Gasteiger partial charge on any atom is 0.472 e. The average Bonchev–Trinajstić information content (AvgIpc) is 1.32. The van der Waals surface area contributed by atoms with E-state index in [4.69, 9.17) is 37.0 Å². The Bertz CT molecular complexity index is 1840. The lowest BCUT2D eigenvalue weighted by molar-refractivity contribution is -0.161. The van der Waals surface area contributed by atoms with Gasteiger partial charge in [-0.1, -0.05) is 343 Å². The van der Waals surface area contributed by atoms with Crippen molar-refractivity contribution >= 4 is 39.5 Å². The van der Waals surface area contributed by atoms with Gasteiger partial charge in [0.25, 0.3) is 0 Å². The lowest BCUT2D eigenvalue weighted by Gasteiger charge is -2.21. The number of carbonyl (C=O) groups is 4. The third-order valence-electron chi connectivity index (χ3n) is 17.7. The van der Waals surface area contributed by atoms with Crippen LogP contribution in [-0.2, 0) is 65.4 Å². The van der Waals surface area contributed by atoms with E-state index in [1.165, 1.54) is 205 Å². The minimum atomic E-state index is -4.96. The minimum absolute atomic E-state index is 0.105. The highest BCUT2D eigenvalue weighted by atomic mass is 31.2. The fraction of sp³-hybridized carbons (Fsp3) is 0.947. The second-order valence-electron chi connectivity index (χ2n) is 28.3. The number of carbonyl (C=O) groups excluding carboxylic acids is 4. The standard InChI is InChI=1S/C76H148O17P2/c1-7-9-11-13-14-15-16-17-18-24-27-30-36-41-47-53-59-74(79)87-65-72(93-76(81)60-54-48-42-37-31-28-25-22-20-19-21-23-26-29-34-39-45-50-56-68(3)4)67-91-95(84,85)89-63-70(77)62-88-94(82,83)90-66-71(64-86-73(78)58-52-44-12-10-8-2)92-75(80)61-55-49-43-38-33-32-35-40-46-51-57-69(5)6/h68-72,77H,7-67H2,1-6H3,(H,82,83)(H,84,85)/t70-,71+,72+/m0/s1. The van der Waals surface area contributed by atoms with Gasteiger partial charge in [0.1, 0.15) is 19.3 Å². The number of aliphatic hydroxyl groups is 1. The predicted molar refractivity (Wildman–Crippen MR) is 386 cm³/mol. The van der Waals surface area contributed by atoms with E-state index in [0.717, 1.165) is 108 Å². The zero-order valence-corrected chi connectivity index (χ0v) is 63.8. The van der Waals surface area contributed by atoms with Crippen molar-refractivity contribution in [1.82, 2.24) is 0 Å². The highest BCUT2D eigenvalue weighted by Crippen LogP contribution is 2.45. The third kappa shape index (κ3) is 70.3. The second kappa shape index (κ2) is 67.9. The van der Waals surface area contributed by atoms with Crippen molar-refractivity contribution in [2.45, 2.75) is 413 Å². The quantitative estimate of drug-likeness (QED) is 0.0222. The monoisotopic (exact) mass is 1400 g/mol. The topological polar surface area (TPSA) is 237 Å². The van der Waals surface area contributed by atoms with Crippen molar-refractivity contribution in [2.24, 2.45) is 11.8 Å². The normalized spacial score (nSPS) is 14.0. The zero-order chi connectivity index (χ0) is 70.0. The Morgan fingerprint density at radius 2 is 0.484 bits per heavy atom. The number of rotatable bonds is 75. The van der Waals surface area contributed by atoms with E-state index >= 15 is 0 Å². The molecule has 0 amide bonds. The first-order valence-electron chi connectivity index (χ1n) is 39.5. The number of phosphoric acid groups is 2. The first kappa shape index (κ1) is 93.1. The van der Waals surface area contributed by atoms with Gasteiger partial charge in [0.15, 0.2) is 12.2 Å². The molecular formula is C76H148O17P2. The number of phosphoric ester groups is 2. The van der Waals surface area contributed by atoms with Gasteiger partial charge in [-0.25, -0.2) is 9.13 Å². The van der Waals surface area contributed by atoms with Gasteiger partial charge < -0.3 is 33.8 Å². The molecule has 0 bridgehead atoms. The van der Waals surface area contributed by atoms with E-state index in [1.807, 2.05) is 0 Å². The van der Waals surface area contributed by atoms with Gasteiger partial charge in [-0.2, -0.15) is 0 Å². The molecule has 19 heteroatoms. The van der Waals surface area contributed by atoms with Gasteiger partial charge in [0.2, 0.25) is 0 Å². The van der Waals surface area contributed by atoms with E-state index in [1.54, 1.807) is 0 Å². The Hall–Kier alpha value is -1.94. The second-order valence-corrected chi connectivity index (χ2v) is 31.3. The summed E-state index contributed by atoms with van der Waals surface area (Å²) in [4.78, 5) is 72.5. The Morgan fingerprint density at radius 1 is 0.284 bits per heavy atom. The minimum Gasteiger partial charge on any atom is -0.462 e. The number of aliphatic hydroxyl groups excluding tert-OH is 1. The number of unbranched alkanes of at least 4 members (excludes halogenated alkanes) is 45. The smallest absolute Gasteiger partial charge is 0.462 e. The van der Waals surface area contributed by atoms with Crippen LogP contribution >= 0.6 is 15.6 Å². The summed E-state index contributed by atoms with van der Waals surface area (Å²) in [6, 6.07) is 0. The van der Waals surface area contributed by atoms with E-state index in [-0.39, 0.29) is 25.7 Å². The molecule has 95 heavy (non-hydrogen) atoms. The summed E-state index contributed by atoms with van der Waals surface area (Å²) < 4.78 is 68.3. The van der Waals surface area contributed by atoms with Gasteiger partial charge in [0.05, 0.1) is 26.4 Å². The molecule has 3 N–H and O–H groups in total. The highest BCUT2D eigenvalue weighted by molar-refractivity contribution is 7.47. The summed E-state index contributed by atoms with van der Waals surface area (Å²) in [5.41, 5.74) is 0. The molecule has 5 atom stereocenters. The molecular weight excluding hydrogens is 1250 g/mol. The molecule has 564 valence electrons. The van der Waals surface area contributed by atoms with Crippen LogP contribution in [-0.4, -0.2) is 96.7 Å². The summed E-state index contributed by atoms with van der Waals surface area (Å²) >= 11 is 0. The molecule has 0 radical (unpaired) electrons. The molecule has 0 heterocycles. The lowest BCUT2D eigenvalue weighted by Crippen LogP contribution is -2.30. The van der Waals surface area contributed by atoms with Crippen molar-refractivity contribution in [3.63, 3.8) is 0 Å². The average molecular weight is 1400 g/mol. The number of hydrogen-bond donors (Lipinski definition) is 3. The fourth-order valence-corrected chi connectivity index (χ4v) is 13.2. The van der Waals surface area contributed by atoms with Gasteiger partial charge in [-0.05, 0) is 37.5 Å². The van der Waals surface area contributed by atoms with Crippen LogP contribution in [0.5, 0.6) is 0 Å². The van der Waals surface area contributed by atoms with Crippen LogP contribution in [0.2, 0.25) is 0 Å². The zero-order valence-electron chi connectivity index (χ0n) is 62.0. The molecule has 0 aromatic heterocycles. The summed E-state index contributed by atoms with van der Waals surface area (Å²) in [5.74, 6) is -0.554. The first-order valence-corrected chi connectivity index (χ1v) is 42.5. The molecule has 0 spiro atoms. The van der Waals surface area contributed by atoms with Crippen molar-refractivity contribution in [3.05, 3.63) is 0 Å². The van der Waals surface area contributed by atoms with E-state index < -0.39 is 97.5 Å². The Kier molecular flexibility index (Phi) is 66.5. The van der Waals surface area contributed by atoms with Gasteiger partial charge in [-0.15, -0.1) is 0 Å².